The highest BCUT2D eigenvalue weighted by Gasteiger charge is 2.35. The van der Waals surface area contributed by atoms with Crippen LogP contribution in [0, 0.1) is 5.41 Å². The van der Waals surface area contributed by atoms with E-state index in [1.807, 2.05) is 0 Å². The van der Waals surface area contributed by atoms with Crippen molar-refractivity contribution in [2.45, 2.75) is 51.3 Å². The normalized spacial score (nSPS) is 15.9. The molecule has 1 unspecified atom stereocenters. The van der Waals surface area contributed by atoms with Gasteiger partial charge in [-0.15, -0.1) is 13.2 Å². The van der Waals surface area contributed by atoms with Crippen LogP contribution >= 0.6 is 11.6 Å². The molecule has 2 heterocycles. The van der Waals surface area contributed by atoms with Gasteiger partial charge in [0.15, 0.2) is 0 Å². The molecule has 1 aliphatic heterocycles. The number of aromatic nitrogens is 1. The lowest BCUT2D eigenvalue weighted by atomic mass is 9.76. The van der Waals surface area contributed by atoms with Crippen LogP contribution in [0.5, 0.6) is 5.75 Å². The van der Waals surface area contributed by atoms with Crippen LogP contribution in [0.1, 0.15) is 54.4 Å². The monoisotopic (exact) mass is 604 g/mol. The van der Waals surface area contributed by atoms with Crippen LogP contribution in [0.25, 0.3) is 0 Å². The Balaban J connectivity index is 1.55. The van der Waals surface area contributed by atoms with E-state index >= 15 is 0 Å². The Morgan fingerprint density at radius 2 is 1.78 bits per heavy atom. The average molecular weight is 605 g/mol. The minimum Gasteiger partial charge on any atom is -0.406 e. The van der Waals surface area contributed by atoms with Crippen molar-refractivity contribution < 1.29 is 36.3 Å². The minimum absolute atomic E-state index is 0.0452. The molecule has 0 radical (unpaired) electrons. The highest BCUT2D eigenvalue weighted by atomic mass is 35.5. The first-order chi connectivity index (χ1) is 19.1. The minimum atomic E-state index is -4.98. The predicted octanol–water partition coefficient (Wildman–Crippen LogP) is 6.23. The second kappa shape index (κ2) is 13.2. The molecule has 13 heteroatoms. The molecule has 1 aliphatic rings. The van der Waals surface area contributed by atoms with Crippen molar-refractivity contribution in [3.05, 3.63) is 52.7 Å². The maximum Gasteiger partial charge on any atom is 0.573 e. The van der Waals surface area contributed by atoms with Crippen molar-refractivity contribution in [1.82, 2.24) is 14.8 Å². The van der Waals surface area contributed by atoms with Crippen molar-refractivity contribution in [1.29, 1.82) is 0 Å². The highest BCUT2D eigenvalue weighted by molar-refractivity contribution is 6.32. The lowest BCUT2D eigenvalue weighted by Gasteiger charge is -2.40. The molecule has 2 amide bonds. The van der Waals surface area contributed by atoms with Gasteiger partial charge in [-0.3, -0.25) is 9.59 Å². The van der Waals surface area contributed by atoms with E-state index in [4.69, 9.17) is 11.6 Å². The van der Waals surface area contributed by atoms with Crippen molar-refractivity contribution in [2.75, 3.05) is 45.7 Å². The third kappa shape index (κ3) is 8.67. The SMILES string of the molecule is CN(C)C(=O)c1ccc(N2CCC(C)(CCCN(C)C(=O)C(c3cccc(OC(F)(F)F)c3)C(F)F)CC2)nc1Cl. The Morgan fingerprint density at radius 1 is 1.12 bits per heavy atom. The van der Waals surface area contributed by atoms with Crippen molar-refractivity contribution >= 4 is 29.2 Å². The lowest BCUT2D eigenvalue weighted by molar-refractivity contribution is -0.274. The number of hydrogen-bond donors (Lipinski definition) is 0. The van der Waals surface area contributed by atoms with Crippen LogP contribution in [0.2, 0.25) is 5.15 Å². The quantitative estimate of drug-likeness (QED) is 0.238. The maximum absolute atomic E-state index is 13.9. The van der Waals surface area contributed by atoms with E-state index in [0.29, 0.717) is 30.9 Å². The first kappa shape index (κ1) is 32.4. The number of nitrogens with zero attached hydrogens (tertiary/aromatic N) is 4. The number of piperidine rings is 1. The number of carbonyl (C=O) groups excluding carboxylic acids is 2. The maximum atomic E-state index is 13.9. The summed E-state index contributed by atoms with van der Waals surface area (Å²) in [5.41, 5.74) is 0.0410. The molecule has 1 atom stereocenters. The van der Waals surface area contributed by atoms with E-state index in [0.717, 1.165) is 37.5 Å². The van der Waals surface area contributed by atoms with Gasteiger partial charge in [-0.2, -0.15) is 0 Å². The summed E-state index contributed by atoms with van der Waals surface area (Å²) in [5, 5.41) is 0.143. The number of hydrogen-bond acceptors (Lipinski definition) is 5. The molecule has 1 aromatic carbocycles. The van der Waals surface area contributed by atoms with Crippen molar-refractivity contribution in [2.24, 2.45) is 5.41 Å². The summed E-state index contributed by atoms with van der Waals surface area (Å²) in [5.74, 6) is -2.99. The van der Waals surface area contributed by atoms with Gasteiger partial charge in [0.1, 0.15) is 22.6 Å². The Hall–Kier alpha value is -3.15. The molecule has 0 spiro atoms. The topological polar surface area (TPSA) is 66.0 Å². The van der Waals surface area contributed by atoms with E-state index in [-0.39, 0.29) is 28.6 Å². The Labute approximate surface area is 241 Å². The van der Waals surface area contributed by atoms with E-state index in [9.17, 15) is 31.5 Å². The fraction of sp³-hybridized carbons (Fsp3) is 0.536. The number of benzene rings is 1. The number of amides is 2. The molecule has 0 aliphatic carbocycles. The fourth-order valence-electron chi connectivity index (χ4n) is 4.92. The lowest BCUT2D eigenvalue weighted by Crippen LogP contribution is -2.40. The fourth-order valence-corrected chi connectivity index (χ4v) is 5.15. The zero-order valence-corrected chi connectivity index (χ0v) is 24.1. The standard InChI is InChI=1S/C28H34ClF5N4O3/c1-27(12-15-38(16-13-27)21-10-9-20(23(29)35-21)25(39)36(2)3)11-6-14-37(4)26(40)22(24(30)31)18-7-5-8-19(17-18)41-28(32,33)34/h5,7-10,17,22,24H,6,11-16H2,1-4H3. The first-order valence-corrected chi connectivity index (χ1v) is 13.5. The summed E-state index contributed by atoms with van der Waals surface area (Å²) in [6.07, 6.45) is -5.12. The van der Waals surface area contributed by atoms with Gasteiger partial charge in [-0.05, 0) is 60.9 Å². The summed E-state index contributed by atoms with van der Waals surface area (Å²) in [6.45, 7) is 3.77. The Morgan fingerprint density at radius 3 is 2.34 bits per heavy atom. The van der Waals surface area contributed by atoms with Gasteiger partial charge in [0, 0.05) is 40.8 Å². The molecule has 1 fully saturated rings. The largest absolute Gasteiger partial charge is 0.573 e. The van der Waals surface area contributed by atoms with Gasteiger partial charge in [-0.1, -0.05) is 30.7 Å². The number of alkyl halides is 5. The third-order valence-corrected chi connectivity index (χ3v) is 7.67. The summed E-state index contributed by atoms with van der Waals surface area (Å²) in [4.78, 5) is 34.3. The van der Waals surface area contributed by atoms with Crippen LogP contribution in [0.4, 0.5) is 27.8 Å². The molecular formula is C28H34ClF5N4O3. The third-order valence-electron chi connectivity index (χ3n) is 7.38. The van der Waals surface area contributed by atoms with Crippen LogP contribution in [-0.4, -0.2) is 80.2 Å². The van der Waals surface area contributed by atoms with E-state index < -0.39 is 30.4 Å². The summed E-state index contributed by atoms with van der Waals surface area (Å²) >= 11 is 6.27. The molecule has 3 rings (SSSR count). The molecule has 0 bridgehead atoms. The van der Waals surface area contributed by atoms with Crippen LogP contribution in [0.3, 0.4) is 0 Å². The molecular weight excluding hydrogens is 571 g/mol. The number of halogens is 6. The van der Waals surface area contributed by atoms with Crippen LogP contribution in [-0.2, 0) is 4.79 Å². The van der Waals surface area contributed by atoms with E-state index in [1.54, 1.807) is 26.2 Å². The molecule has 41 heavy (non-hydrogen) atoms. The number of ether oxygens (including phenoxy) is 1. The van der Waals surface area contributed by atoms with Gasteiger partial charge in [-0.25, -0.2) is 13.8 Å². The average Bonchev–Trinajstić information content (AvgIpc) is 2.87. The number of pyridine rings is 1. The number of carbonyl (C=O) groups is 2. The summed E-state index contributed by atoms with van der Waals surface area (Å²) < 4.78 is 69.3. The Kier molecular flexibility index (Phi) is 10.4. The van der Waals surface area contributed by atoms with Gasteiger partial charge in [0.2, 0.25) is 5.91 Å². The molecule has 7 nitrogen and oxygen atoms in total. The van der Waals surface area contributed by atoms with Gasteiger partial charge in [0.05, 0.1) is 5.56 Å². The van der Waals surface area contributed by atoms with Crippen molar-refractivity contribution in [3.63, 3.8) is 0 Å². The van der Waals surface area contributed by atoms with Gasteiger partial charge in [0.25, 0.3) is 12.3 Å². The van der Waals surface area contributed by atoms with Gasteiger partial charge < -0.3 is 19.4 Å². The molecule has 226 valence electrons. The number of anilines is 1. The Bertz CT molecular complexity index is 1220. The zero-order valence-electron chi connectivity index (χ0n) is 23.3. The predicted molar refractivity (Wildman–Crippen MR) is 146 cm³/mol. The first-order valence-electron chi connectivity index (χ1n) is 13.1. The molecule has 1 saturated heterocycles. The van der Waals surface area contributed by atoms with Crippen LogP contribution < -0.4 is 9.64 Å². The van der Waals surface area contributed by atoms with Gasteiger partial charge >= 0.3 is 6.36 Å². The van der Waals surface area contributed by atoms with Crippen molar-refractivity contribution in [3.8, 4) is 5.75 Å². The molecule has 0 saturated carbocycles. The number of likely N-dealkylation sites (N-methyl/N-ethyl adjacent to an activating group) is 1. The van der Waals surface area contributed by atoms with Crippen LogP contribution in [0.15, 0.2) is 36.4 Å². The second-order valence-electron chi connectivity index (χ2n) is 10.8. The summed E-state index contributed by atoms with van der Waals surface area (Å²) in [7, 11) is 4.69. The smallest absolute Gasteiger partial charge is 0.406 e. The molecule has 1 aromatic heterocycles. The number of rotatable bonds is 10. The molecule has 2 aromatic rings. The van der Waals surface area contributed by atoms with E-state index in [1.165, 1.54) is 22.9 Å². The van der Waals surface area contributed by atoms with E-state index in [2.05, 4.69) is 21.5 Å². The molecule has 0 N–H and O–H groups in total. The summed E-state index contributed by atoms with van der Waals surface area (Å²) in [6, 6.07) is 7.59. The second-order valence-corrected chi connectivity index (χ2v) is 11.2. The highest BCUT2D eigenvalue weighted by Crippen LogP contribution is 2.37. The zero-order chi connectivity index (χ0) is 30.5.